The van der Waals surface area contributed by atoms with Gasteiger partial charge in [0.2, 0.25) is 0 Å². The van der Waals surface area contributed by atoms with Gasteiger partial charge in [-0.1, -0.05) is 0 Å². The Bertz CT molecular complexity index is 193. The molecule has 1 heterocycles. The van der Waals surface area contributed by atoms with Crippen LogP contribution in [0.4, 0.5) is 0 Å². The lowest BCUT2D eigenvalue weighted by Gasteiger charge is -2.34. The van der Waals surface area contributed by atoms with Crippen LogP contribution >= 0.6 is 0 Å². The van der Waals surface area contributed by atoms with Crippen LogP contribution in [0, 0.1) is 0 Å². The van der Waals surface area contributed by atoms with E-state index >= 15 is 0 Å². The van der Waals surface area contributed by atoms with Crippen LogP contribution in [0.25, 0.3) is 0 Å². The van der Waals surface area contributed by atoms with Gasteiger partial charge in [0, 0.05) is 12.8 Å². The first-order valence-corrected chi connectivity index (χ1v) is 4.70. The third-order valence-corrected chi connectivity index (χ3v) is 2.34. The van der Waals surface area contributed by atoms with E-state index in [1.54, 1.807) is 0 Å². The quantitative estimate of drug-likeness (QED) is 0.559. The average Bonchev–Trinajstić information content (AvgIpc) is 2.10. The Morgan fingerprint density at radius 2 is 2.07 bits per heavy atom. The normalized spacial score (nSPS) is 38.3. The van der Waals surface area contributed by atoms with Crippen molar-refractivity contribution in [3.63, 3.8) is 0 Å². The SMILES string of the molecule is CC(=O)CC[C@@H]1C[C@H](O)[C@H](O)[C@@H](O)O1. The minimum atomic E-state index is -1.35. The average molecular weight is 204 g/mol. The molecule has 1 saturated heterocycles. The summed E-state index contributed by atoms with van der Waals surface area (Å²) in [6.45, 7) is 1.48. The lowest BCUT2D eigenvalue weighted by Crippen LogP contribution is -2.48. The standard InChI is InChI=1S/C9H16O5/c1-5(10)2-3-6-4-7(11)8(12)9(13)14-6/h6-9,11-13H,2-4H2,1H3/t6-,7+,8+,9+/m1/s1. The van der Waals surface area contributed by atoms with E-state index in [0.29, 0.717) is 12.8 Å². The number of hydrogen-bond acceptors (Lipinski definition) is 5. The van der Waals surface area contributed by atoms with Gasteiger partial charge < -0.3 is 24.9 Å². The first-order chi connectivity index (χ1) is 6.50. The molecule has 1 aliphatic heterocycles. The second-order valence-corrected chi connectivity index (χ2v) is 3.68. The highest BCUT2D eigenvalue weighted by Gasteiger charge is 2.35. The minimum Gasteiger partial charge on any atom is -0.390 e. The summed E-state index contributed by atoms with van der Waals surface area (Å²) in [6.07, 6.45) is -2.84. The fourth-order valence-corrected chi connectivity index (χ4v) is 1.48. The molecule has 4 atom stereocenters. The molecule has 1 aliphatic rings. The molecule has 0 aliphatic carbocycles. The molecule has 0 unspecified atom stereocenters. The number of aliphatic hydroxyl groups is 3. The van der Waals surface area contributed by atoms with Crippen molar-refractivity contribution in [2.45, 2.75) is 50.8 Å². The molecule has 0 aromatic heterocycles. The lowest BCUT2D eigenvalue weighted by atomic mass is 9.99. The Kier molecular flexibility index (Phi) is 4.00. The predicted molar refractivity (Wildman–Crippen MR) is 47.4 cm³/mol. The highest BCUT2D eigenvalue weighted by atomic mass is 16.6. The summed E-state index contributed by atoms with van der Waals surface area (Å²) in [7, 11) is 0. The molecule has 0 bridgehead atoms. The zero-order chi connectivity index (χ0) is 10.7. The van der Waals surface area contributed by atoms with Crippen LogP contribution in [-0.2, 0) is 9.53 Å². The van der Waals surface area contributed by atoms with Gasteiger partial charge in [0.1, 0.15) is 11.9 Å². The fourth-order valence-electron chi connectivity index (χ4n) is 1.48. The molecule has 0 amide bonds. The molecule has 0 radical (unpaired) electrons. The molecule has 82 valence electrons. The van der Waals surface area contributed by atoms with Gasteiger partial charge in [-0.05, 0) is 13.3 Å². The summed E-state index contributed by atoms with van der Waals surface area (Å²) >= 11 is 0. The van der Waals surface area contributed by atoms with E-state index in [1.807, 2.05) is 0 Å². The largest absolute Gasteiger partial charge is 0.390 e. The fraction of sp³-hybridized carbons (Fsp3) is 0.889. The minimum absolute atomic E-state index is 0.0451. The van der Waals surface area contributed by atoms with Gasteiger partial charge in [-0.15, -0.1) is 0 Å². The number of rotatable bonds is 3. The smallest absolute Gasteiger partial charge is 0.183 e. The third kappa shape index (κ3) is 3.02. The van der Waals surface area contributed by atoms with Crippen molar-refractivity contribution in [1.82, 2.24) is 0 Å². The Labute approximate surface area is 82.3 Å². The molecule has 5 nitrogen and oxygen atoms in total. The van der Waals surface area contributed by atoms with Crippen molar-refractivity contribution in [1.29, 1.82) is 0 Å². The monoisotopic (exact) mass is 204 g/mol. The number of Topliss-reactive ketones (excluding diaryl/α,β-unsaturated/α-hetero) is 1. The summed E-state index contributed by atoms with van der Waals surface area (Å²) in [4.78, 5) is 10.7. The molecular weight excluding hydrogens is 188 g/mol. The van der Waals surface area contributed by atoms with Crippen molar-refractivity contribution in [3.8, 4) is 0 Å². The van der Waals surface area contributed by atoms with Gasteiger partial charge in [-0.2, -0.15) is 0 Å². The first-order valence-electron chi connectivity index (χ1n) is 4.70. The zero-order valence-corrected chi connectivity index (χ0v) is 8.09. The molecule has 1 fully saturated rings. The first kappa shape index (κ1) is 11.6. The maximum atomic E-state index is 10.7. The van der Waals surface area contributed by atoms with Crippen LogP contribution < -0.4 is 0 Å². The molecule has 0 saturated carbocycles. The summed E-state index contributed by atoms with van der Waals surface area (Å²) in [5.41, 5.74) is 0. The van der Waals surface area contributed by atoms with Crippen LogP contribution in [0.2, 0.25) is 0 Å². The van der Waals surface area contributed by atoms with Gasteiger partial charge in [0.25, 0.3) is 0 Å². The Morgan fingerprint density at radius 3 is 2.57 bits per heavy atom. The Morgan fingerprint density at radius 1 is 1.43 bits per heavy atom. The zero-order valence-electron chi connectivity index (χ0n) is 8.09. The summed E-state index contributed by atoms with van der Waals surface area (Å²) < 4.78 is 5.01. The van der Waals surface area contributed by atoms with Crippen LogP contribution in [0.3, 0.4) is 0 Å². The molecule has 0 aromatic carbocycles. The van der Waals surface area contributed by atoms with Crippen LogP contribution in [-0.4, -0.2) is 45.7 Å². The van der Waals surface area contributed by atoms with E-state index in [0.717, 1.165) is 0 Å². The third-order valence-electron chi connectivity index (χ3n) is 2.34. The lowest BCUT2D eigenvalue weighted by molar-refractivity contribution is -0.247. The maximum absolute atomic E-state index is 10.7. The number of carbonyl (C=O) groups is 1. The van der Waals surface area contributed by atoms with E-state index < -0.39 is 18.5 Å². The van der Waals surface area contributed by atoms with Crippen LogP contribution in [0.1, 0.15) is 26.2 Å². The van der Waals surface area contributed by atoms with Crippen molar-refractivity contribution < 1.29 is 24.9 Å². The maximum Gasteiger partial charge on any atom is 0.183 e. The highest BCUT2D eigenvalue weighted by molar-refractivity contribution is 5.75. The second kappa shape index (κ2) is 4.84. The van der Waals surface area contributed by atoms with E-state index in [1.165, 1.54) is 6.92 Å². The van der Waals surface area contributed by atoms with Crippen LogP contribution in [0.15, 0.2) is 0 Å². The molecule has 1 rings (SSSR count). The van der Waals surface area contributed by atoms with Gasteiger partial charge in [-0.25, -0.2) is 0 Å². The highest BCUT2D eigenvalue weighted by Crippen LogP contribution is 2.21. The Hall–Kier alpha value is -0.490. The van der Waals surface area contributed by atoms with Gasteiger partial charge in [0.05, 0.1) is 12.2 Å². The topological polar surface area (TPSA) is 87.0 Å². The van der Waals surface area contributed by atoms with Gasteiger partial charge in [0.15, 0.2) is 6.29 Å². The van der Waals surface area contributed by atoms with E-state index in [4.69, 9.17) is 14.9 Å². The summed E-state index contributed by atoms with van der Waals surface area (Å²) in [5.74, 6) is 0.0451. The number of ketones is 1. The molecule has 0 spiro atoms. The van der Waals surface area contributed by atoms with Crippen LogP contribution in [0.5, 0.6) is 0 Å². The number of aliphatic hydroxyl groups excluding tert-OH is 3. The number of ether oxygens (including phenoxy) is 1. The van der Waals surface area contributed by atoms with Gasteiger partial charge >= 0.3 is 0 Å². The number of hydrogen-bond donors (Lipinski definition) is 3. The number of carbonyl (C=O) groups excluding carboxylic acids is 1. The predicted octanol–water partition coefficient (Wildman–Crippen LogP) is -0.815. The summed E-state index contributed by atoms with van der Waals surface area (Å²) in [5, 5.41) is 27.6. The molecule has 5 heteroatoms. The van der Waals surface area contributed by atoms with Gasteiger partial charge in [-0.3, -0.25) is 0 Å². The Balaban J connectivity index is 2.38. The molecule has 14 heavy (non-hydrogen) atoms. The van der Waals surface area contributed by atoms with E-state index in [-0.39, 0.29) is 18.3 Å². The van der Waals surface area contributed by atoms with E-state index in [2.05, 4.69) is 0 Å². The van der Waals surface area contributed by atoms with Crippen molar-refractivity contribution >= 4 is 5.78 Å². The van der Waals surface area contributed by atoms with E-state index in [9.17, 15) is 9.90 Å². The van der Waals surface area contributed by atoms with Crippen molar-refractivity contribution in [2.24, 2.45) is 0 Å². The van der Waals surface area contributed by atoms with Crippen molar-refractivity contribution in [2.75, 3.05) is 0 Å². The molecule has 3 N–H and O–H groups in total. The molecular formula is C9H16O5. The molecule has 0 aromatic rings. The van der Waals surface area contributed by atoms with Crippen molar-refractivity contribution in [3.05, 3.63) is 0 Å². The second-order valence-electron chi connectivity index (χ2n) is 3.68. The summed E-state index contributed by atoms with van der Waals surface area (Å²) in [6, 6.07) is 0.